The van der Waals surface area contributed by atoms with Crippen LogP contribution in [0, 0.1) is 50.4 Å². The molecule has 0 atom stereocenters. The number of nitriles is 2. The van der Waals surface area contributed by atoms with Crippen LogP contribution in [0.2, 0.25) is 0 Å². The van der Waals surface area contributed by atoms with Crippen molar-refractivity contribution in [3.63, 3.8) is 0 Å². The van der Waals surface area contributed by atoms with Gasteiger partial charge in [-0.2, -0.15) is 23.7 Å². The fraction of sp³-hybridized carbons (Fsp3) is 0.0746. The Morgan fingerprint density at radius 3 is 1.04 bits per heavy atom. The second-order valence-electron chi connectivity index (χ2n) is 19.2. The fourth-order valence-electron chi connectivity index (χ4n) is 11.2. The lowest BCUT2D eigenvalue weighted by Crippen LogP contribution is -2.11. The molecule has 0 saturated carbocycles. The van der Waals surface area contributed by atoms with Gasteiger partial charge >= 0.3 is 6.18 Å². The van der Waals surface area contributed by atoms with Crippen molar-refractivity contribution in [1.82, 2.24) is 9.13 Å². The molecule has 0 aliphatic rings. The molecule has 0 spiro atoms. The third kappa shape index (κ3) is 7.44. The van der Waals surface area contributed by atoms with Gasteiger partial charge in [-0.15, -0.1) is 0 Å². The summed E-state index contributed by atoms with van der Waals surface area (Å²) < 4.78 is 51.5. The number of aromatic nitrogens is 2. The van der Waals surface area contributed by atoms with Crippen molar-refractivity contribution in [2.45, 2.75) is 33.9 Å². The third-order valence-corrected chi connectivity index (χ3v) is 14.8. The maximum absolute atomic E-state index is 15.8. The van der Waals surface area contributed by atoms with Gasteiger partial charge in [-0.3, -0.25) is 0 Å². The van der Waals surface area contributed by atoms with E-state index < -0.39 is 11.7 Å². The third-order valence-electron chi connectivity index (χ3n) is 14.8. The molecule has 0 saturated heterocycles. The Labute approximate surface area is 426 Å². The zero-order valence-corrected chi connectivity index (χ0v) is 41.0. The number of rotatable bonds is 7. The molecule has 0 bridgehead atoms. The fourth-order valence-corrected chi connectivity index (χ4v) is 11.2. The molecule has 0 unspecified atom stereocenters. The lowest BCUT2D eigenvalue weighted by Gasteiger charge is -2.22. The molecular formula is C67H45F3N4. The van der Waals surface area contributed by atoms with Crippen LogP contribution < -0.4 is 0 Å². The van der Waals surface area contributed by atoms with E-state index in [1.54, 1.807) is 12.1 Å². The zero-order valence-electron chi connectivity index (χ0n) is 41.0. The maximum atomic E-state index is 15.8. The Hall–Kier alpha value is -9.43. The number of halogens is 3. The van der Waals surface area contributed by atoms with Gasteiger partial charge in [0.2, 0.25) is 0 Å². The van der Waals surface area contributed by atoms with Crippen molar-refractivity contribution in [2.24, 2.45) is 0 Å². The molecule has 0 N–H and O–H groups in total. The van der Waals surface area contributed by atoms with Gasteiger partial charge in [-0.1, -0.05) is 152 Å². The minimum Gasteiger partial charge on any atom is -0.309 e. The molecule has 2 aromatic heterocycles. The highest BCUT2D eigenvalue weighted by molar-refractivity contribution is 6.13. The molecule has 7 heteroatoms. The summed E-state index contributed by atoms with van der Waals surface area (Å²) in [5, 5.41) is 26.1. The smallest absolute Gasteiger partial charge is 0.309 e. The first kappa shape index (κ1) is 45.7. The highest BCUT2D eigenvalue weighted by Crippen LogP contribution is 2.47. The Morgan fingerprint density at radius 1 is 0.351 bits per heavy atom. The summed E-state index contributed by atoms with van der Waals surface area (Å²) in [5.74, 6) is 0. The van der Waals surface area contributed by atoms with Gasteiger partial charge in [0.25, 0.3) is 0 Å². The van der Waals surface area contributed by atoms with Crippen LogP contribution in [0.4, 0.5) is 13.2 Å². The first-order chi connectivity index (χ1) is 35.9. The van der Waals surface area contributed by atoms with Crippen molar-refractivity contribution in [3.8, 4) is 79.1 Å². The van der Waals surface area contributed by atoms with E-state index in [0.717, 1.165) is 116 Å². The zero-order chi connectivity index (χ0) is 51.0. The SMILES string of the molecule is Cc1ccccc1-c1ccc2c3ccc(-c4ccccc4C)cc3n(-c3cc(-c4c(C#N)cccc4C(F)(F)F)c(-n4c5cc(-c6ccccc6C)ccc5c5ccc(-c6ccccc6C)cc54)cc3C#N)c2c1. The van der Waals surface area contributed by atoms with Gasteiger partial charge in [-0.05, 0) is 143 Å². The van der Waals surface area contributed by atoms with Crippen molar-refractivity contribution >= 4 is 43.6 Å². The summed E-state index contributed by atoms with van der Waals surface area (Å²) in [4.78, 5) is 0. The van der Waals surface area contributed by atoms with Gasteiger partial charge < -0.3 is 9.13 Å². The van der Waals surface area contributed by atoms with Crippen LogP contribution in [0.25, 0.3) is 111 Å². The second-order valence-corrected chi connectivity index (χ2v) is 19.2. The van der Waals surface area contributed by atoms with Crippen LogP contribution in [0.5, 0.6) is 0 Å². The normalized spacial score (nSPS) is 11.7. The molecule has 0 fully saturated rings. The molecule has 0 aliphatic carbocycles. The Kier molecular flexibility index (Phi) is 10.9. The highest BCUT2D eigenvalue weighted by atomic mass is 19.4. The van der Waals surface area contributed by atoms with Crippen molar-refractivity contribution in [3.05, 3.63) is 239 Å². The predicted molar refractivity (Wildman–Crippen MR) is 296 cm³/mol. The van der Waals surface area contributed by atoms with Crippen molar-refractivity contribution < 1.29 is 13.2 Å². The number of aryl methyl sites for hydroxylation is 4. The molecule has 4 nitrogen and oxygen atoms in total. The van der Waals surface area contributed by atoms with E-state index >= 15 is 13.2 Å². The second kappa shape index (κ2) is 17.7. The van der Waals surface area contributed by atoms with E-state index in [9.17, 15) is 10.5 Å². The van der Waals surface area contributed by atoms with Crippen molar-refractivity contribution in [1.29, 1.82) is 10.5 Å². The Balaban J connectivity index is 1.26. The molecule has 0 aliphatic heterocycles. The number of nitrogens with zero attached hydrogens (tertiary/aromatic N) is 4. The summed E-state index contributed by atoms with van der Waals surface area (Å²) in [6, 6.07) is 69.5. The number of benzene rings is 10. The molecule has 2 heterocycles. The average molecular weight is 963 g/mol. The topological polar surface area (TPSA) is 57.4 Å². The maximum Gasteiger partial charge on any atom is 0.417 e. The van der Waals surface area contributed by atoms with E-state index in [0.29, 0.717) is 11.4 Å². The largest absolute Gasteiger partial charge is 0.417 e. The Bertz CT molecular complexity index is 4180. The molecule has 12 rings (SSSR count). The molecule has 10 aromatic carbocycles. The summed E-state index contributed by atoms with van der Waals surface area (Å²) in [7, 11) is 0. The number of fused-ring (bicyclic) bond motifs is 6. The van der Waals surface area contributed by atoms with E-state index in [2.05, 4.69) is 161 Å². The standard InChI is InChI=1S/C67H45F3N4/c1-40-14-5-9-19-50(40)44-24-28-54-55-29-25-45(51-20-10-6-15-41(51)2)33-62(55)73(61(54)32-44)60-37-58(66-48(38-71)18-13-23-59(66)67(68,69)70)65(36-49(60)39-72)74-63-34-46(52-21-11-7-16-42(52)3)26-30-56(63)57-31-27-47(35-64(57)74)53-22-12-8-17-43(53)4/h5-37H,1-4H3. The minimum atomic E-state index is -4.86. The van der Waals surface area contributed by atoms with E-state index in [1.165, 1.54) is 12.1 Å². The quantitative estimate of drug-likeness (QED) is 0.160. The average Bonchev–Trinajstić information content (AvgIpc) is 3.94. The van der Waals surface area contributed by atoms with Gasteiger partial charge in [0, 0.05) is 32.7 Å². The first-order valence-corrected chi connectivity index (χ1v) is 24.5. The number of hydrogen-bond donors (Lipinski definition) is 0. The summed E-state index contributed by atoms with van der Waals surface area (Å²) in [6.07, 6.45) is -4.86. The molecule has 12 aromatic rings. The van der Waals surface area contributed by atoms with Gasteiger partial charge in [-0.25, -0.2) is 0 Å². The van der Waals surface area contributed by atoms with E-state index in [4.69, 9.17) is 0 Å². The summed E-state index contributed by atoms with van der Waals surface area (Å²) in [5.41, 5.74) is 14.8. The monoisotopic (exact) mass is 962 g/mol. The lowest BCUT2D eigenvalue weighted by atomic mass is 9.91. The Morgan fingerprint density at radius 2 is 0.703 bits per heavy atom. The van der Waals surface area contributed by atoms with E-state index in [1.807, 2.05) is 57.7 Å². The molecular weight excluding hydrogens is 918 g/mol. The molecule has 0 amide bonds. The summed E-state index contributed by atoms with van der Waals surface area (Å²) >= 11 is 0. The van der Waals surface area contributed by atoms with Gasteiger partial charge in [0.15, 0.2) is 0 Å². The van der Waals surface area contributed by atoms with Gasteiger partial charge in [0.05, 0.1) is 56.2 Å². The first-order valence-electron chi connectivity index (χ1n) is 24.5. The summed E-state index contributed by atoms with van der Waals surface area (Å²) in [6.45, 7) is 8.24. The molecule has 354 valence electrons. The molecule has 74 heavy (non-hydrogen) atoms. The minimum absolute atomic E-state index is 0.144. The van der Waals surface area contributed by atoms with Crippen LogP contribution in [0.3, 0.4) is 0 Å². The highest BCUT2D eigenvalue weighted by Gasteiger charge is 2.36. The van der Waals surface area contributed by atoms with Crippen LogP contribution in [0.1, 0.15) is 38.9 Å². The van der Waals surface area contributed by atoms with Crippen LogP contribution >= 0.6 is 0 Å². The predicted octanol–water partition coefficient (Wildman–Crippen LogP) is 18.2. The molecule has 0 radical (unpaired) electrons. The number of hydrogen-bond acceptors (Lipinski definition) is 2. The lowest BCUT2D eigenvalue weighted by molar-refractivity contribution is -0.137. The van der Waals surface area contributed by atoms with Crippen LogP contribution in [-0.4, -0.2) is 9.13 Å². The number of alkyl halides is 3. The van der Waals surface area contributed by atoms with Gasteiger partial charge in [0.1, 0.15) is 6.07 Å². The van der Waals surface area contributed by atoms with Crippen LogP contribution in [-0.2, 0) is 6.18 Å². The van der Waals surface area contributed by atoms with Crippen molar-refractivity contribution in [2.75, 3.05) is 0 Å². The van der Waals surface area contributed by atoms with E-state index in [-0.39, 0.29) is 22.3 Å². The van der Waals surface area contributed by atoms with Crippen LogP contribution in [0.15, 0.2) is 200 Å².